The van der Waals surface area contributed by atoms with Gasteiger partial charge >= 0.3 is 5.97 Å². The summed E-state index contributed by atoms with van der Waals surface area (Å²) in [4.78, 5) is 34.9. The maximum Gasteiger partial charge on any atom is 0.303 e. The lowest BCUT2D eigenvalue weighted by Gasteiger charge is -2.25. The standard InChI is InChI=1S/C22H34O5/c23-17(14-16-8-4-3-5-9-16)12-13-19-18(20(24)15-21(19)25)10-6-1-2-7-11-22(26)27/h1,6,16-19,23H,2-5,7-15H2,(H,26,27). The Hall–Kier alpha value is -1.49. The van der Waals surface area contributed by atoms with E-state index in [0.717, 1.165) is 6.42 Å². The molecular weight excluding hydrogens is 344 g/mol. The van der Waals surface area contributed by atoms with Crippen molar-refractivity contribution >= 4 is 17.5 Å². The zero-order valence-corrected chi connectivity index (χ0v) is 16.3. The van der Waals surface area contributed by atoms with Gasteiger partial charge in [0.1, 0.15) is 11.6 Å². The van der Waals surface area contributed by atoms with Crippen molar-refractivity contribution in [3.63, 3.8) is 0 Å². The number of unbranched alkanes of at least 4 members (excludes halogenated alkanes) is 1. The number of ketones is 2. The third-order valence-corrected chi connectivity index (χ3v) is 6.12. The van der Waals surface area contributed by atoms with Crippen LogP contribution in [0.5, 0.6) is 0 Å². The Morgan fingerprint density at radius 1 is 1.07 bits per heavy atom. The van der Waals surface area contributed by atoms with Gasteiger partial charge in [-0.3, -0.25) is 14.4 Å². The molecule has 27 heavy (non-hydrogen) atoms. The minimum atomic E-state index is -0.799. The molecule has 0 spiro atoms. The molecule has 2 fully saturated rings. The van der Waals surface area contributed by atoms with Crippen molar-refractivity contribution in [2.45, 2.75) is 89.6 Å². The lowest BCUT2D eigenvalue weighted by Crippen LogP contribution is -2.21. The van der Waals surface area contributed by atoms with E-state index in [0.29, 0.717) is 38.0 Å². The Balaban J connectivity index is 1.75. The molecule has 5 nitrogen and oxygen atoms in total. The second kappa shape index (κ2) is 11.4. The number of rotatable bonds is 11. The molecule has 0 bridgehead atoms. The van der Waals surface area contributed by atoms with Gasteiger partial charge < -0.3 is 10.2 Å². The molecule has 152 valence electrons. The normalized spacial score (nSPS) is 25.4. The van der Waals surface area contributed by atoms with Crippen LogP contribution in [0.2, 0.25) is 0 Å². The number of aliphatic hydroxyl groups excluding tert-OH is 1. The summed E-state index contributed by atoms with van der Waals surface area (Å²) in [6.45, 7) is 0. The van der Waals surface area contributed by atoms with Crippen LogP contribution in [-0.4, -0.2) is 33.9 Å². The van der Waals surface area contributed by atoms with E-state index in [-0.39, 0.29) is 42.3 Å². The van der Waals surface area contributed by atoms with E-state index in [9.17, 15) is 19.5 Å². The van der Waals surface area contributed by atoms with Gasteiger partial charge in [-0.25, -0.2) is 0 Å². The van der Waals surface area contributed by atoms with Crippen molar-refractivity contribution in [1.29, 1.82) is 0 Å². The first-order valence-electron chi connectivity index (χ1n) is 10.6. The molecule has 0 heterocycles. The van der Waals surface area contributed by atoms with Crippen LogP contribution in [0.3, 0.4) is 0 Å². The molecule has 0 aromatic heterocycles. The summed E-state index contributed by atoms with van der Waals surface area (Å²) in [5.74, 6) is -0.681. The molecule has 3 atom stereocenters. The van der Waals surface area contributed by atoms with Crippen LogP contribution in [0.25, 0.3) is 0 Å². The lowest BCUT2D eigenvalue weighted by molar-refractivity contribution is -0.137. The van der Waals surface area contributed by atoms with Crippen molar-refractivity contribution in [2.75, 3.05) is 0 Å². The number of aliphatic hydroxyl groups is 1. The summed E-state index contributed by atoms with van der Waals surface area (Å²) in [7, 11) is 0. The Morgan fingerprint density at radius 3 is 2.48 bits per heavy atom. The van der Waals surface area contributed by atoms with Gasteiger partial charge in [0, 0.05) is 18.3 Å². The van der Waals surface area contributed by atoms with Crippen LogP contribution >= 0.6 is 0 Å². The van der Waals surface area contributed by atoms with Gasteiger partial charge in [0.15, 0.2) is 0 Å². The number of carbonyl (C=O) groups excluding carboxylic acids is 2. The Labute approximate surface area is 162 Å². The molecule has 2 rings (SSSR count). The average Bonchev–Trinajstić information content (AvgIpc) is 2.89. The van der Waals surface area contributed by atoms with Crippen molar-refractivity contribution < 1.29 is 24.6 Å². The molecule has 2 aliphatic rings. The van der Waals surface area contributed by atoms with Crippen molar-refractivity contribution in [3.8, 4) is 0 Å². The number of carboxylic acids is 1. The Bertz CT molecular complexity index is 533. The van der Waals surface area contributed by atoms with E-state index in [1.807, 2.05) is 12.2 Å². The molecule has 2 aliphatic carbocycles. The van der Waals surface area contributed by atoms with Gasteiger partial charge in [-0.1, -0.05) is 44.3 Å². The monoisotopic (exact) mass is 378 g/mol. The third kappa shape index (κ3) is 7.57. The van der Waals surface area contributed by atoms with Crippen LogP contribution in [0.15, 0.2) is 12.2 Å². The quantitative estimate of drug-likeness (QED) is 0.321. The molecule has 0 aromatic carbocycles. The van der Waals surface area contributed by atoms with Gasteiger partial charge in [0.2, 0.25) is 0 Å². The zero-order chi connectivity index (χ0) is 19.6. The molecule has 5 heteroatoms. The van der Waals surface area contributed by atoms with E-state index in [1.54, 1.807) is 0 Å². The smallest absolute Gasteiger partial charge is 0.303 e. The minimum absolute atomic E-state index is 0.0157. The Morgan fingerprint density at radius 2 is 1.78 bits per heavy atom. The summed E-state index contributed by atoms with van der Waals surface area (Å²) in [5, 5.41) is 19.0. The summed E-state index contributed by atoms with van der Waals surface area (Å²) in [6, 6.07) is 0. The van der Waals surface area contributed by atoms with Crippen molar-refractivity contribution in [2.24, 2.45) is 17.8 Å². The SMILES string of the molecule is O=C(O)CCCC=CCC1C(=O)CC(=O)C1CCC(O)CC1CCCCC1. The highest BCUT2D eigenvalue weighted by Crippen LogP contribution is 2.34. The topological polar surface area (TPSA) is 91.7 Å². The molecule has 0 aliphatic heterocycles. The summed E-state index contributed by atoms with van der Waals surface area (Å²) >= 11 is 0. The first-order chi connectivity index (χ1) is 13.0. The van der Waals surface area contributed by atoms with E-state index in [2.05, 4.69) is 0 Å². The van der Waals surface area contributed by atoms with Crippen LogP contribution in [-0.2, 0) is 14.4 Å². The molecule has 0 radical (unpaired) electrons. The van der Waals surface area contributed by atoms with Crippen LogP contribution in [0.1, 0.15) is 83.5 Å². The number of allylic oxidation sites excluding steroid dienone is 2. The van der Waals surface area contributed by atoms with Crippen molar-refractivity contribution in [1.82, 2.24) is 0 Å². The second-order valence-electron chi connectivity index (χ2n) is 8.29. The number of hydrogen-bond donors (Lipinski definition) is 2. The van der Waals surface area contributed by atoms with Crippen LogP contribution < -0.4 is 0 Å². The number of hydrogen-bond acceptors (Lipinski definition) is 4. The highest BCUT2D eigenvalue weighted by Gasteiger charge is 2.40. The average molecular weight is 379 g/mol. The second-order valence-corrected chi connectivity index (χ2v) is 8.29. The molecule has 3 unspecified atom stereocenters. The molecule has 2 N–H and O–H groups in total. The minimum Gasteiger partial charge on any atom is -0.481 e. The molecule has 2 saturated carbocycles. The number of carbonyl (C=O) groups is 3. The van der Waals surface area contributed by atoms with Gasteiger partial charge in [0.05, 0.1) is 12.5 Å². The van der Waals surface area contributed by atoms with Gasteiger partial charge in [-0.05, 0) is 44.4 Å². The molecular formula is C22H34O5. The van der Waals surface area contributed by atoms with E-state index >= 15 is 0 Å². The predicted octanol–water partition coefficient (Wildman–Crippen LogP) is 4.07. The van der Waals surface area contributed by atoms with E-state index < -0.39 is 5.97 Å². The summed E-state index contributed by atoms with van der Waals surface area (Å²) in [5.41, 5.74) is 0. The number of Topliss-reactive ketones (excluding diaryl/α,β-unsaturated/α-hetero) is 2. The Kier molecular flexibility index (Phi) is 9.19. The number of carboxylic acid groups (broad SMARTS) is 1. The first kappa shape index (κ1) is 21.8. The van der Waals surface area contributed by atoms with E-state index in [1.165, 1.54) is 32.1 Å². The fraction of sp³-hybridized carbons (Fsp3) is 0.773. The van der Waals surface area contributed by atoms with Gasteiger partial charge in [-0.2, -0.15) is 0 Å². The first-order valence-corrected chi connectivity index (χ1v) is 10.6. The third-order valence-electron chi connectivity index (χ3n) is 6.12. The van der Waals surface area contributed by atoms with Crippen molar-refractivity contribution in [3.05, 3.63) is 12.2 Å². The molecule has 0 aromatic rings. The maximum atomic E-state index is 12.2. The van der Waals surface area contributed by atoms with Gasteiger partial charge in [-0.15, -0.1) is 0 Å². The zero-order valence-electron chi connectivity index (χ0n) is 16.3. The summed E-state index contributed by atoms with van der Waals surface area (Å²) in [6.07, 6.45) is 13.7. The molecule has 0 saturated heterocycles. The van der Waals surface area contributed by atoms with Crippen LogP contribution in [0.4, 0.5) is 0 Å². The lowest BCUT2D eigenvalue weighted by atomic mass is 9.82. The summed E-state index contributed by atoms with van der Waals surface area (Å²) < 4.78 is 0. The highest BCUT2D eigenvalue weighted by molar-refractivity contribution is 6.08. The van der Waals surface area contributed by atoms with E-state index in [4.69, 9.17) is 5.11 Å². The maximum absolute atomic E-state index is 12.2. The largest absolute Gasteiger partial charge is 0.481 e. The fourth-order valence-electron chi connectivity index (χ4n) is 4.57. The fourth-order valence-corrected chi connectivity index (χ4v) is 4.57. The molecule has 0 amide bonds. The number of aliphatic carboxylic acids is 1. The highest BCUT2D eigenvalue weighted by atomic mass is 16.4. The van der Waals surface area contributed by atoms with Crippen LogP contribution in [0, 0.1) is 17.8 Å². The predicted molar refractivity (Wildman–Crippen MR) is 103 cm³/mol. The van der Waals surface area contributed by atoms with Gasteiger partial charge in [0.25, 0.3) is 0 Å².